The summed E-state index contributed by atoms with van der Waals surface area (Å²) in [6, 6.07) is 8.22. The number of ether oxygens (including phenoxy) is 1. The van der Waals surface area contributed by atoms with E-state index in [9.17, 15) is 0 Å². The summed E-state index contributed by atoms with van der Waals surface area (Å²) in [7, 11) is 0. The second-order valence-corrected chi connectivity index (χ2v) is 5.71. The first-order valence-corrected chi connectivity index (χ1v) is 7.36. The fourth-order valence-corrected chi connectivity index (χ4v) is 2.88. The smallest absolute Gasteiger partial charge is 0.119 e. The Morgan fingerprint density at radius 3 is 2.79 bits per heavy atom. The largest absolute Gasteiger partial charge is 0.494 e. The number of thiazole rings is 1. The van der Waals surface area contributed by atoms with Crippen molar-refractivity contribution in [2.75, 3.05) is 6.61 Å². The molecule has 0 aliphatic rings. The second-order valence-electron chi connectivity index (χ2n) is 4.43. The molecule has 0 unspecified atom stereocenters. The lowest BCUT2D eigenvalue weighted by atomic mass is 10.2. The Hall–Kier alpha value is -1.39. The van der Waals surface area contributed by atoms with E-state index in [-0.39, 0.29) is 0 Å². The Bertz CT molecular complexity index is 537. The van der Waals surface area contributed by atoms with Crippen LogP contribution >= 0.6 is 11.3 Å². The molecule has 0 bridgehead atoms. The molecule has 0 fully saturated rings. The molecule has 1 aromatic heterocycles. The third kappa shape index (κ3) is 4.04. The standard InChI is InChI=1S/C15H20N2OS/c1-4-18-14-7-5-6-13(8-14)9-16-10-15-11(2)17-12(3)19-15/h5-8,16H,4,9-10H2,1-3H3. The molecule has 1 aromatic carbocycles. The first-order chi connectivity index (χ1) is 9.19. The van der Waals surface area contributed by atoms with E-state index in [0.29, 0.717) is 6.61 Å². The first kappa shape index (κ1) is 14.0. The van der Waals surface area contributed by atoms with Crippen LogP contribution in [0.3, 0.4) is 0 Å². The van der Waals surface area contributed by atoms with Gasteiger partial charge in [0.25, 0.3) is 0 Å². The van der Waals surface area contributed by atoms with Crippen molar-refractivity contribution in [1.82, 2.24) is 10.3 Å². The number of nitrogens with zero attached hydrogens (tertiary/aromatic N) is 1. The number of hydrogen-bond donors (Lipinski definition) is 1. The van der Waals surface area contributed by atoms with E-state index in [1.807, 2.05) is 26.0 Å². The summed E-state index contributed by atoms with van der Waals surface area (Å²) in [5.41, 5.74) is 2.38. The van der Waals surface area contributed by atoms with E-state index < -0.39 is 0 Å². The molecule has 0 atom stereocenters. The molecule has 1 heterocycles. The zero-order valence-corrected chi connectivity index (χ0v) is 12.5. The number of hydrogen-bond acceptors (Lipinski definition) is 4. The van der Waals surface area contributed by atoms with Gasteiger partial charge in [-0.15, -0.1) is 11.3 Å². The van der Waals surface area contributed by atoms with Crippen LogP contribution in [0.25, 0.3) is 0 Å². The minimum absolute atomic E-state index is 0.705. The summed E-state index contributed by atoms with van der Waals surface area (Å²) < 4.78 is 5.50. The van der Waals surface area contributed by atoms with Crippen LogP contribution in [-0.2, 0) is 13.1 Å². The van der Waals surface area contributed by atoms with E-state index in [4.69, 9.17) is 4.74 Å². The molecule has 0 radical (unpaired) electrons. The average Bonchev–Trinajstić information content (AvgIpc) is 2.69. The number of benzene rings is 1. The van der Waals surface area contributed by atoms with Crippen LogP contribution in [-0.4, -0.2) is 11.6 Å². The summed E-state index contributed by atoms with van der Waals surface area (Å²) in [5, 5.41) is 4.59. The fourth-order valence-electron chi connectivity index (χ4n) is 1.97. The molecule has 2 aromatic rings. The van der Waals surface area contributed by atoms with E-state index in [2.05, 4.69) is 29.4 Å². The van der Waals surface area contributed by atoms with Gasteiger partial charge in [-0.3, -0.25) is 0 Å². The van der Waals surface area contributed by atoms with Gasteiger partial charge < -0.3 is 10.1 Å². The van der Waals surface area contributed by atoms with Crippen molar-refractivity contribution in [2.24, 2.45) is 0 Å². The Morgan fingerprint density at radius 2 is 2.11 bits per heavy atom. The Morgan fingerprint density at radius 1 is 1.26 bits per heavy atom. The highest BCUT2D eigenvalue weighted by Gasteiger charge is 2.04. The number of aryl methyl sites for hydroxylation is 2. The van der Waals surface area contributed by atoms with Crippen LogP contribution < -0.4 is 10.1 Å². The Labute approximate surface area is 118 Å². The molecule has 4 heteroatoms. The predicted octanol–water partition coefficient (Wildman–Crippen LogP) is 3.45. The maximum absolute atomic E-state index is 5.50. The zero-order valence-electron chi connectivity index (χ0n) is 11.7. The molecule has 2 rings (SSSR count). The van der Waals surface area contributed by atoms with Crippen LogP contribution in [0.2, 0.25) is 0 Å². The third-order valence-electron chi connectivity index (χ3n) is 2.82. The Kier molecular flexibility index (Phi) is 4.93. The summed E-state index contributed by atoms with van der Waals surface area (Å²) in [6.07, 6.45) is 0. The molecular formula is C15H20N2OS. The van der Waals surface area contributed by atoms with Crippen LogP contribution in [0.4, 0.5) is 0 Å². The molecule has 0 saturated heterocycles. The summed E-state index contributed by atoms with van der Waals surface area (Å²) in [6.45, 7) is 8.53. The first-order valence-electron chi connectivity index (χ1n) is 6.54. The van der Waals surface area contributed by atoms with Gasteiger partial charge in [0.05, 0.1) is 17.3 Å². The molecule has 0 spiro atoms. The summed E-state index contributed by atoms with van der Waals surface area (Å²) in [4.78, 5) is 5.75. The van der Waals surface area contributed by atoms with E-state index >= 15 is 0 Å². The monoisotopic (exact) mass is 276 g/mol. The number of aromatic nitrogens is 1. The molecule has 0 aliphatic heterocycles. The molecule has 0 saturated carbocycles. The summed E-state index contributed by atoms with van der Waals surface area (Å²) >= 11 is 1.76. The quantitative estimate of drug-likeness (QED) is 0.877. The van der Waals surface area contributed by atoms with Gasteiger partial charge in [0.2, 0.25) is 0 Å². The van der Waals surface area contributed by atoms with Gasteiger partial charge in [0, 0.05) is 18.0 Å². The van der Waals surface area contributed by atoms with Crippen LogP contribution in [0, 0.1) is 13.8 Å². The highest BCUT2D eigenvalue weighted by Crippen LogP contribution is 2.17. The molecular weight excluding hydrogens is 256 g/mol. The van der Waals surface area contributed by atoms with E-state index in [1.165, 1.54) is 10.4 Å². The van der Waals surface area contributed by atoms with Gasteiger partial charge in [0.15, 0.2) is 0 Å². The highest BCUT2D eigenvalue weighted by atomic mass is 32.1. The lowest BCUT2D eigenvalue weighted by Crippen LogP contribution is -2.12. The molecule has 0 aliphatic carbocycles. The third-order valence-corrected chi connectivity index (χ3v) is 3.90. The lowest BCUT2D eigenvalue weighted by molar-refractivity contribution is 0.340. The SMILES string of the molecule is CCOc1cccc(CNCc2sc(C)nc2C)c1. The van der Waals surface area contributed by atoms with Crippen LogP contribution in [0.15, 0.2) is 24.3 Å². The fraction of sp³-hybridized carbons (Fsp3) is 0.400. The maximum atomic E-state index is 5.50. The van der Waals surface area contributed by atoms with Crippen molar-refractivity contribution in [1.29, 1.82) is 0 Å². The van der Waals surface area contributed by atoms with Crippen molar-refractivity contribution in [3.05, 3.63) is 45.4 Å². The minimum Gasteiger partial charge on any atom is -0.494 e. The average molecular weight is 276 g/mol. The van der Waals surface area contributed by atoms with Crippen LogP contribution in [0.1, 0.15) is 28.1 Å². The van der Waals surface area contributed by atoms with Crippen molar-refractivity contribution in [3.63, 3.8) is 0 Å². The van der Waals surface area contributed by atoms with Gasteiger partial charge in [-0.05, 0) is 38.5 Å². The van der Waals surface area contributed by atoms with E-state index in [0.717, 1.165) is 29.5 Å². The topological polar surface area (TPSA) is 34.1 Å². The molecule has 3 nitrogen and oxygen atoms in total. The second kappa shape index (κ2) is 6.68. The lowest BCUT2D eigenvalue weighted by Gasteiger charge is -2.07. The van der Waals surface area contributed by atoms with E-state index in [1.54, 1.807) is 11.3 Å². The maximum Gasteiger partial charge on any atom is 0.119 e. The zero-order chi connectivity index (χ0) is 13.7. The van der Waals surface area contributed by atoms with Gasteiger partial charge in [-0.2, -0.15) is 0 Å². The number of nitrogens with one attached hydrogen (secondary N) is 1. The van der Waals surface area contributed by atoms with Crippen molar-refractivity contribution in [3.8, 4) is 5.75 Å². The van der Waals surface area contributed by atoms with Gasteiger partial charge in [-0.1, -0.05) is 12.1 Å². The molecule has 1 N–H and O–H groups in total. The van der Waals surface area contributed by atoms with Gasteiger partial charge >= 0.3 is 0 Å². The molecule has 102 valence electrons. The van der Waals surface area contributed by atoms with Crippen molar-refractivity contribution < 1.29 is 4.74 Å². The van der Waals surface area contributed by atoms with Crippen molar-refractivity contribution in [2.45, 2.75) is 33.9 Å². The predicted molar refractivity (Wildman–Crippen MR) is 79.7 cm³/mol. The molecule has 19 heavy (non-hydrogen) atoms. The minimum atomic E-state index is 0.705. The van der Waals surface area contributed by atoms with Gasteiger partial charge in [-0.25, -0.2) is 4.98 Å². The normalized spacial score (nSPS) is 10.7. The van der Waals surface area contributed by atoms with Gasteiger partial charge in [0.1, 0.15) is 5.75 Å². The Balaban J connectivity index is 1.88. The molecule has 0 amide bonds. The van der Waals surface area contributed by atoms with Crippen LogP contribution in [0.5, 0.6) is 5.75 Å². The number of rotatable bonds is 6. The summed E-state index contributed by atoms with van der Waals surface area (Å²) in [5.74, 6) is 0.937. The highest BCUT2D eigenvalue weighted by molar-refractivity contribution is 7.11. The van der Waals surface area contributed by atoms with Crippen molar-refractivity contribution >= 4 is 11.3 Å².